The summed E-state index contributed by atoms with van der Waals surface area (Å²) in [5, 5.41) is 3.44. The van der Waals surface area contributed by atoms with Crippen LogP contribution < -0.4 is 5.32 Å². The number of nitrogens with one attached hydrogen (secondary N) is 1. The molecule has 70 valence electrons. The lowest BCUT2D eigenvalue weighted by molar-refractivity contribution is 0.0211. The summed E-state index contributed by atoms with van der Waals surface area (Å²) < 4.78 is 6.39. The molecule has 2 nitrogen and oxygen atoms in total. The maximum Gasteiger partial charge on any atom is 0.0729 e. The molecule has 1 fully saturated rings. The van der Waals surface area contributed by atoms with Crippen molar-refractivity contribution in [2.45, 2.75) is 13.0 Å². The number of rotatable bonds is 2. The van der Waals surface area contributed by atoms with Crippen LogP contribution in [-0.2, 0) is 4.74 Å². The summed E-state index contributed by atoms with van der Waals surface area (Å²) in [4.78, 5) is 0. The molecule has 2 rings (SSSR count). The average Bonchev–Trinajstić information content (AvgIpc) is 1.99. The normalized spacial score (nSPS) is 16.8. The maximum atomic E-state index is 5.11. The van der Waals surface area contributed by atoms with E-state index in [1.165, 1.54) is 14.8 Å². The molecule has 1 aromatic rings. The second-order valence-electron chi connectivity index (χ2n) is 3.36. The number of anilines is 1. The predicted octanol–water partition coefficient (Wildman–Crippen LogP) is 2.41. The third-order valence-corrected chi connectivity index (χ3v) is 3.01. The fraction of sp³-hybridized carbons (Fsp3) is 0.400. The first-order valence-electron chi connectivity index (χ1n) is 4.36. The van der Waals surface area contributed by atoms with Gasteiger partial charge in [0.1, 0.15) is 0 Å². The third kappa shape index (κ3) is 2.14. The lowest BCUT2D eigenvalue weighted by Crippen LogP contribution is -2.40. The maximum absolute atomic E-state index is 5.11. The fourth-order valence-corrected chi connectivity index (χ4v) is 2.10. The third-order valence-electron chi connectivity index (χ3n) is 2.12. The van der Waals surface area contributed by atoms with Gasteiger partial charge in [-0.2, -0.15) is 0 Å². The molecular weight excluding hydrogens is 277 g/mol. The van der Waals surface area contributed by atoms with E-state index >= 15 is 0 Å². The Morgan fingerprint density at radius 3 is 2.77 bits per heavy atom. The first kappa shape index (κ1) is 9.27. The molecule has 0 radical (unpaired) electrons. The highest BCUT2D eigenvalue weighted by Gasteiger charge is 2.18. The lowest BCUT2D eigenvalue weighted by atomic mass is 10.2. The summed E-state index contributed by atoms with van der Waals surface area (Å²) >= 11 is 2.36. The quantitative estimate of drug-likeness (QED) is 0.844. The van der Waals surface area contributed by atoms with Crippen LogP contribution in [0.4, 0.5) is 5.69 Å². The van der Waals surface area contributed by atoms with Crippen molar-refractivity contribution in [3.8, 4) is 0 Å². The van der Waals surface area contributed by atoms with Gasteiger partial charge in [-0.25, -0.2) is 0 Å². The first-order valence-corrected chi connectivity index (χ1v) is 5.44. The number of ether oxygens (including phenoxy) is 1. The zero-order valence-electron chi connectivity index (χ0n) is 7.51. The van der Waals surface area contributed by atoms with Gasteiger partial charge >= 0.3 is 0 Å². The predicted molar refractivity (Wildman–Crippen MR) is 62.1 cm³/mol. The molecule has 1 N–H and O–H groups in total. The Morgan fingerprint density at radius 1 is 1.46 bits per heavy atom. The largest absolute Gasteiger partial charge is 0.377 e. The van der Waals surface area contributed by atoms with Crippen LogP contribution in [-0.4, -0.2) is 19.3 Å². The Kier molecular flexibility index (Phi) is 2.74. The number of hydrogen-bond acceptors (Lipinski definition) is 2. The van der Waals surface area contributed by atoms with Crippen molar-refractivity contribution in [1.29, 1.82) is 0 Å². The van der Waals surface area contributed by atoms with E-state index in [-0.39, 0.29) is 0 Å². The van der Waals surface area contributed by atoms with E-state index in [1.807, 2.05) is 0 Å². The number of aryl methyl sites for hydroxylation is 1. The Hall–Kier alpha value is -0.290. The SMILES string of the molecule is Cc1ccc(NC2COC2)c(I)c1. The minimum absolute atomic E-state index is 0.510. The van der Waals surface area contributed by atoms with E-state index in [4.69, 9.17) is 4.74 Å². The van der Waals surface area contributed by atoms with Gasteiger partial charge in [-0.1, -0.05) is 6.07 Å². The van der Waals surface area contributed by atoms with Crippen molar-refractivity contribution >= 4 is 28.3 Å². The molecule has 13 heavy (non-hydrogen) atoms. The molecule has 0 spiro atoms. The molecule has 1 aromatic carbocycles. The van der Waals surface area contributed by atoms with Gasteiger partial charge < -0.3 is 10.1 Å². The van der Waals surface area contributed by atoms with Crippen LogP contribution in [0.2, 0.25) is 0 Å². The van der Waals surface area contributed by atoms with Gasteiger partial charge in [0, 0.05) is 9.26 Å². The zero-order valence-corrected chi connectivity index (χ0v) is 9.67. The van der Waals surface area contributed by atoms with Crippen LogP contribution >= 0.6 is 22.6 Å². The molecule has 0 bridgehead atoms. The van der Waals surface area contributed by atoms with Gasteiger partial charge in [0.2, 0.25) is 0 Å². The van der Waals surface area contributed by atoms with Crippen LogP contribution in [0.15, 0.2) is 18.2 Å². The van der Waals surface area contributed by atoms with E-state index in [2.05, 4.69) is 53.0 Å². The molecule has 3 heteroatoms. The molecule has 0 amide bonds. The van der Waals surface area contributed by atoms with Gasteiger partial charge in [0.25, 0.3) is 0 Å². The first-order chi connectivity index (χ1) is 6.25. The van der Waals surface area contributed by atoms with Gasteiger partial charge in [0.15, 0.2) is 0 Å². The molecule has 1 heterocycles. The van der Waals surface area contributed by atoms with Gasteiger partial charge in [-0.3, -0.25) is 0 Å². The van der Waals surface area contributed by atoms with Crippen molar-refractivity contribution < 1.29 is 4.74 Å². The molecule has 0 unspecified atom stereocenters. The summed E-state index contributed by atoms with van der Waals surface area (Å²) in [6.45, 7) is 3.78. The van der Waals surface area contributed by atoms with Crippen LogP contribution in [0.1, 0.15) is 5.56 Å². The van der Waals surface area contributed by atoms with E-state index in [1.54, 1.807) is 0 Å². The summed E-state index contributed by atoms with van der Waals surface area (Å²) in [7, 11) is 0. The van der Waals surface area contributed by atoms with Crippen molar-refractivity contribution in [2.75, 3.05) is 18.5 Å². The summed E-state index contributed by atoms with van der Waals surface area (Å²) in [6, 6.07) is 6.96. The summed E-state index contributed by atoms with van der Waals surface area (Å²) in [5.74, 6) is 0. The van der Waals surface area contributed by atoms with E-state index in [0.717, 1.165) is 13.2 Å². The standard InChI is InChI=1S/C10H12INO/c1-7-2-3-10(9(11)4-7)12-8-5-13-6-8/h2-4,8,12H,5-6H2,1H3. The molecule has 1 aliphatic rings. The van der Waals surface area contributed by atoms with E-state index in [0.29, 0.717) is 6.04 Å². The molecule has 0 saturated carbocycles. The average molecular weight is 289 g/mol. The highest BCUT2D eigenvalue weighted by atomic mass is 127. The second kappa shape index (κ2) is 3.84. The molecule has 0 aromatic heterocycles. The Balaban J connectivity index is 2.10. The van der Waals surface area contributed by atoms with Gasteiger partial charge in [0.05, 0.1) is 19.3 Å². The summed E-state index contributed by atoms with van der Waals surface area (Å²) in [6.07, 6.45) is 0. The highest BCUT2D eigenvalue weighted by Crippen LogP contribution is 2.21. The Morgan fingerprint density at radius 2 is 2.23 bits per heavy atom. The minimum Gasteiger partial charge on any atom is -0.377 e. The Labute approximate surface area is 91.8 Å². The topological polar surface area (TPSA) is 21.3 Å². The molecule has 1 saturated heterocycles. The van der Waals surface area contributed by atoms with E-state index in [9.17, 15) is 0 Å². The second-order valence-corrected chi connectivity index (χ2v) is 4.52. The fourth-order valence-electron chi connectivity index (χ4n) is 1.28. The molecule has 1 aliphatic heterocycles. The van der Waals surface area contributed by atoms with Crippen molar-refractivity contribution in [3.05, 3.63) is 27.3 Å². The molecule has 0 aliphatic carbocycles. The number of halogens is 1. The van der Waals surface area contributed by atoms with Crippen molar-refractivity contribution in [1.82, 2.24) is 0 Å². The highest BCUT2D eigenvalue weighted by molar-refractivity contribution is 14.1. The van der Waals surface area contributed by atoms with Crippen LogP contribution in [0, 0.1) is 10.5 Å². The van der Waals surface area contributed by atoms with Crippen LogP contribution in [0.5, 0.6) is 0 Å². The number of hydrogen-bond donors (Lipinski definition) is 1. The van der Waals surface area contributed by atoms with Gasteiger partial charge in [-0.05, 0) is 47.2 Å². The monoisotopic (exact) mass is 289 g/mol. The smallest absolute Gasteiger partial charge is 0.0729 e. The van der Waals surface area contributed by atoms with Crippen molar-refractivity contribution in [2.24, 2.45) is 0 Å². The summed E-state index contributed by atoms with van der Waals surface area (Å²) in [5.41, 5.74) is 2.53. The number of benzene rings is 1. The van der Waals surface area contributed by atoms with Crippen molar-refractivity contribution in [3.63, 3.8) is 0 Å². The minimum atomic E-state index is 0.510. The molecular formula is C10H12INO. The lowest BCUT2D eigenvalue weighted by Gasteiger charge is -2.28. The van der Waals surface area contributed by atoms with Crippen LogP contribution in [0.25, 0.3) is 0 Å². The molecule has 0 atom stereocenters. The van der Waals surface area contributed by atoms with Gasteiger partial charge in [-0.15, -0.1) is 0 Å². The van der Waals surface area contributed by atoms with E-state index < -0.39 is 0 Å². The zero-order chi connectivity index (χ0) is 9.26. The Bertz CT molecular complexity index is 310. The van der Waals surface area contributed by atoms with Crippen LogP contribution in [0.3, 0.4) is 0 Å².